The van der Waals surface area contributed by atoms with Crippen molar-refractivity contribution < 1.29 is 27.9 Å². The van der Waals surface area contributed by atoms with Crippen LogP contribution < -0.4 is 0 Å². The maximum Gasteiger partial charge on any atom is 0.406 e. The van der Waals surface area contributed by atoms with E-state index in [0.717, 1.165) is 0 Å². The number of carbonyl (C=O) groups is 2. The molecule has 0 saturated heterocycles. The predicted molar refractivity (Wildman–Crippen MR) is 63.4 cm³/mol. The molecule has 1 aromatic rings. The van der Waals surface area contributed by atoms with E-state index in [0.29, 0.717) is 16.2 Å². The van der Waals surface area contributed by atoms with Crippen LogP contribution in [0.1, 0.15) is 19.3 Å². The summed E-state index contributed by atoms with van der Waals surface area (Å²) in [5, 5.41) is 8.70. The van der Waals surface area contributed by atoms with Crippen molar-refractivity contribution in [1.82, 2.24) is 4.90 Å². The summed E-state index contributed by atoms with van der Waals surface area (Å²) in [6.07, 6.45) is -3.35. The molecule has 0 radical (unpaired) electrons. The van der Waals surface area contributed by atoms with Gasteiger partial charge in [-0.15, -0.1) is 17.9 Å². The second-order valence-electron chi connectivity index (χ2n) is 3.56. The van der Waals surface area contributed by atoms with Crippen molar-refractivity contribution in [1.29, 1.82) is 0 Å². The Labute approximate surface area is 110 Å². The van der Waals surface area contributed by atoms with Gasteiger partial charge in [-0.25, -0.2) is 4.79 Å². The van der Waals surface area contributed by atoms with Crippen LogP contribution in [0.15, 0.2) is 24.8 Å². The number of thiophene rings is 1. The SMILES string of the molecule is C=CCN(CC(F)(F)F)C(=O)c1ccc(C(=O)O)s1. The molecule has 4 nitrogen and oxygen atoms in total. The van der Waals surface area contributed by atoms with Gasteiger partial charge in [0.15, 0.2) is 0 Å². The minimum absolute atomic E-state index is 0.0523. The highest BCUT2D eigenvalue weighted by atomic mass is 32.1. The normalized spacial score (nSPS) is 11.1. The van der Waals surface area contributed by atoms with Gasteiger partial charge in [0.1, 0.15) is 11.4 Å². The van der Waals surface area contributed by atoms with E-state index in [4.69, 9.17) is 5.11 Å². The number of aromatic carboxylic acids is 1. The van der Waals surface area contributed by atoms with Gasteiger partial charge in [0, 0.05) is 6.54 Å². The average Bonchev–Trinajstić information content (AvgIpc) is 2.75. The van der Waals surface area contributed by atoms with Crippen LogP contribution in [0.25, 0.3) is 0 Å². The Morgan fingerprint density at radius 3 is 2.37 bits per heavy atom. The number of carbonyl (C=O) groups excluding carboxylic acids is 1. The van der Waals surface area contributed by atoms with Gasteiger partial charge in [0.2, 0.25) is 0 Å². The highest BCUT2D eigenvalue weighted by Gasteiger charge is 2.33. The third-order valence-corrected chi connectivity index (χ3v) is 3.10. The van der Waals surface area contributed by atoms with Gasteiger partial charge in [-0.3, -0.25) is 4.79 Å². The first-order valence-corrected chi connectivity index (χ1v) is 5.86. The van der Waals surface area contributed by atoms with E-state index >= 15 is 0 Å². The highest BCUT2D eigenvalue weighted by Crippen LogP contribution is 2.22. The lowest BCUT2D eigenvalue weighted by Crippen LogP contribution is -2.38. The molecule has 104 valence electrons. The Morgan fingerprint density at radius 1 is 1.37 bits per heavy atom. The van der Waals surface area contributed by atoms with E-state index in [2.05, 4.69) is 6.58 Å². The quantitative estimate of drug-likeness (QED) is 0.849. The van der Waals surface area contributed by atoms with Gasteiger partial charge in [-0.1, -0.05) is 6.08 Å². The van der Waals surface area contributed by atoms with Gasteiger partial charge in [0.25, 0.3) is 5.91 Å². The van der Waals surface area contributed by atoms with E-state index in [9.17, 15) is 22.8 Å². The van der Waals surface area contributed by atoms with E-state index < -0.39 is 24.6 Å². The van der Waals surface area contributed by atoms with Crippen LogP contribution in [0, 0.1) is 0 Å². The van der Waals surface area contributed by atoms with Gasteiger partial charge in [0.05, 0.1) is 4.88 Å². The molecule has 1 aromatic heterocycles. The number of halogens is 3. The maximum atomic E-state index is 12.3. The number of carboxylic acid groups (broad SMARTS) is 1. The van der Waals surface area contributed by atoms with Gasteiger partial charge in [-0.2, -0.15) is 13.2 Å². The van der Waals surface area contributed by atoms with Crippen LogP contribution in [0.2, 0.25) is 0 Å². The summed E-state index contributed by atoms with van der Waals surface area (Å²) in [5.74, 6) is -2.09. The van der Waals surface area contributed by atoms with Crippen LogP contribution in [-0.2, 0) is 0 Å². The molecular weight excluding hydrogens is 283 g/mol. The smallest absolute Gasteiger partial charge is 0.406 e. The fourth-order valence-corrected chi connectivity index (χ4v) is 2.13. The molecular formula is C11H10F3NO3S. The average molecular weight is 293 g/mol. The number of hydrogen-bond donors (Lipinski definition) is 1. The first-order valence-electron chi connectivity index (χ1n) is 5.04. The number of amides is 1. The second kappa shape index (κ2) is 5.87. The fraction of sp³-hybridized carbons (Fsp3) is 0.273. The lowest BCUT2D eigenvalue weighted by atomic mass is 10.3. The zero-order valence-electron chi connectivity index (χ0n) is 9.61. The van der Waals surface area contributed by atoms with Crippen LogP contribution in [0.3, 0.4) is 0 Å². The Hall–Kier alpha value is -1.83. The fourth-order valence-electron chi connectivity index (χ4n) is 1.32. The Bertz CT molecular complexity index is 496. The lowest BCUT2D eigenvalue weighted by Gasteiger charge is -2.21. The van der Waals surface area contributed by atoms with Crippen molar-refractivity contribution in [3.8, 4) is 0 Å². The lowest BCUT2D eigenvalue weighted by molar-refractivity contribution is -0.139. The molecule has 1 N–H and O–H groups in total. The minimum atomic E-state index is -4.52. The van der Waals surface area contributed by atoms with Crippen LogP contribution in [-0.4, -0.2) is 41.1 Å². The number of carboxylic acids is 1. The third kappa shape index (κ3) is 4.40. The largest absolute Gasteiger partial charge is 0.477 e. The number of rotatable bonds is 5. The molecule has 0 aliphatic carbocycles. The standard InChI is InChI=1S/C11H10F3NO3S/c1-2-5-15(6-11(12,13)14)9(16)7-3-4-8(19-7)10(17)18/h2-4H,1,5-6H2,(H,17,18). The molecule has 0 aromatic carbocycles. The number of nitrogens with zero attached hydrogens (tertiary/aromatic N) is 1. The van der Waals surface area contributed by atoms with Gasteiger partial charge < -0.3 is 10.0 Å². The molecule has 0 aliphatic rings. The molecule has 0 aliphatic heterocycles. The van der Waals surface area contributed by atoms with Gasteiger partial charge >= 0.3 is 12.1 Å². The molecule has 0 unspecified atom stereocenters. The monoisotopic (exact) mass is 293 g/mol. The summed E-state index contributed by atoms with van der Waals surface area (Å²) in [6, 6.07) is 2.38. The molecule has 1 rings (SSSR count). The van der Waals surface area contributed by atoms with Crippen molar-refractivity contribution in [2.24, 2.45) is 0 Å². The molecule has 8 heteroatoms. The molecule has 0 spiro atoms. The zero-order valence-corrected chi connectivity index (χ0v) is 10.4. The molecule has 1 amide bonds. The van der Waals surface area contributed by atoms with Crippen molar-refractivity contribution in [3.05, 3.63) is 34.5 Å². The highest BCUT2D eigenvalue weighted by molar-refractivity contribution is 7.15. The van der Waals surface area contributed by atoms with E-state index in [1.165, 1.54) is 18.2 Å². The summed E-state index contributed by atoms with van der Waals surface area (Å²) in [5.41, 5.74) is 0. The van der Waals surface area contributed by atoms with Crippen LogP contribution in [0.5, 0.6) is 0 Å². The maximum absolute atomic E-state index is 12.3. The summed E-state index contributed by atoms with van der Waals surface area (Å²) >= 11 is 0.637. The van der Waals surface area contributed by atoms with E-state index in [1.807, 2.05) is 0 Å². The van der Waals surface area contributed by atoms with Gasteiger partial charge in [-0.05, 0) is 12.1 Å². The molecule has 0 atom stereocenters. The Morgan fingerprint density at radius 2 is 1.95 bits per heavy atom. The molecule has 1 heterocycles. The topological polar surface area (TPSA) is 57.6 Å². The summed E-state index contributed by atoms with van der Waals surface area (Å²) in [4.78, 5) is 22.9. The van der Waals surface area contributed by atoms with Crippen molar-refractivity contribution in [3.63, 3.8) is 0 Å². The molecule has 0 bridgehead atoms. The van der Waals surface area contributed by atoms with Crippen LogP contribution >= 0.6 is 11.3 Å². The zero-order chi connectivity index (χ0) is 14.6. The Balaban J connectivity index is 2.92. The summed E-state index contributed by atoms with van der Waals surface area (Å²) in [6.45, 7) is 1.62. The third-order valence-electron chi connectivity index (χ3n) is 2.03. The molecule has 19 heavy (non-hydrogen) atoms. The molecule has 0 fully saturated rings. The van der Waals surface area contributed by atoms with E-state index in [-0.39, 0.29) is 16.3 Å². The first-order chi connectivity index (χ1) is 8.74. The Kier molecular flexibility index (Phi) is 4.71. The minimum Gasteiger partial charge on any atom is -0.477 e. The number of alkyl halides is 3. The summed E-state index contributed by atoms with van der Waals surface area (Å²) in [7, 11) is 0. The second-order valence-corrected chi connectivity index (χ2v) is 4.64. The van der Waals surface area contributed by atoms with E-state index in [1.54, 1.807) is 0 Å². The van der Waals surface area contributed by atoms with Crippen molar-refractivity contribution in [2.45, 2.75) is 6.18 Å². The van der Waals surface area contributed by atoms with Crippen molar-refractivity contribution in [2.75, 3.05) is 13.1 Å². The number of hydrogen-bond acceptors (Lipinski definition) is 3. The first kappa shape index (κ1) is 15.2. The molecule has 0 saturated carbocycles. The van der Waals surface area contributed by atoms with Crippen molar-refractivity contribution >= 4 is 23.2 Å². The van der Waals surface area contributed by atoms with Crippen LogP contribution in [0.4, 0.5) is 13.2 Å². The summed E-state index contributed by atoms with van der Waals surface area (Å²) < 4.78 is 37.0. The predicted octanol–water partition coefficient (Wildman–Crippen LogP) is 2.64.